The number of aromatic nitrogens is 2. The first-order valence-corrected chi connectivity index (χ1v) is 10.9. The standard InChI is InChI=1S/C26H31N3O2/c1-5-6-7-13-23-25(26(31)28-22-12-8-10-18(2)20(22)4)24(30)15-19(3)29(23)17-21-11-9-14-27-16-21/h8-12,14-16H,5-7,13,17H2,1-4H3,(H,28,31). The zero-order chi connectivity index (χ0) is 22.4. The molecule has 5 nitrogen and oxygen atoms in total. The second-order valence-electron chi connectivity index (χ2n) is 8.08. The molecule has 1 aromatic carbocycles. The van der Waals surface area contributed by atoms with Gasteiger partial charge >= 0.3 is 0 Å². The Kier molecular flexibility index (Phi) is 7.40. The lowest BCUT2D eigenvalue weighted by Crippen LogP contribution is -2.29. The molecule has 2 aromatic heterocycles. The molecule has 0 aliphatic heterocycles. The first-order valence-electron chi connectivity index (χ1n) is 10.9. The predicted octanol–water partition coefficient (Wildman–Crippen LogP) is 5.20. The van der Waals surface area contributed by atoms with Crippen LogP contribution in [0, 0.1) is 20.8 Å². The van der Waals surface area contributed by atoms with E-state index >= 15 is 0 Å². The van der Waals surface area contributed by atoms with E-state index in [1.165, 1.54) is 0 Å². The molecule has 31 heavy (non-hydrogen) atoms. The lowest BCUT2D eigenvalue weighted by molar-refractivity contribution is 0.102. The summed E-state index contributed by atoms with van der Waals surface area (Å²) in [5.74, 6) is -0.342. The van der Waals surface area contributed by atoms with E-state index in [4.69, 9.17) is 0 Å². The molecule has 0 bridgehead atoms. The molecule has 1 N–H and O–H groups in total. The van der Waals surface area contributed by atoms with Gasteiger partial charge < -0.3 is 9.88 Å². The van der Waals surface area contributed by atoms with Crippen LogP contribution < -0.4 is 10.7 Å². The number of amides is 1. The van der Waals surface area contributed by atoms with Crippen molar-refractivity contribution in [3.05, 3.63) is 92.7 Å². The molecule has 0 spiro atoms. The second-order valence-corrected chi connectivity index (χ2v) is 8.08. The number of nitrogens with one attached hydrogen (secondary N) is 1. The van der Waals surface area contributed by atoms with Crippen LogP contribution in [0.3, 0.4) is 0 Å². The Morgan fingerprint density at radius 1 is 1.10 bits per heavy atom. The van der Waals surface area contributed by atoms with Crippen molar-refractivity contribution in [3.8, 4) is 0 Å². The number of rotatable bonds is 8. The van der Waals surface area contributed by atoms with Gasteiger partial charge in [-0.15, -0.1) is 0 Å². The third kappa shape index (κ3) is 5.29. The molecule has 162 valence electrons. The maximum absolute atomic E-state index is 13.3. The molecule has 0 saturated heterocycles. The van der Waals surface area contributed by atoms with Gasteiger partial charge in [0.15, 0.2) is 5.43 Å². The van der Waals surface area contributed by atoms with Crippen molar-refractivity contribution in [1.29, 1.82) is 0 Å². The molecule has 3 aromatic rings. The van der Waals surface area contributed by atoms with Gasteiger partial charge in [0, 0.05) is 42.1 Å². The third-order valence-electron chi connectivity index (χ3n) is 5.79. The SMILES string of the molecule is CCCCCc1c(C(=O)Nc2cccc(C)c2C)c(=O)cc(C)n1Cc1cccnc1. The van der Waals surface area contributed by atoms with Crippen molar-refractivity contribution < 1.29 is 4.79 Å². The second kappa shape index (κ2) is 10.2. The normalized spacial score (nSPS) is 10.8. The largest absolute Gasteiger partial charge is 0.343 e. The summed E-state index contributed by atoms with van der Waals surface area (Å²) in [5.41, 5.74) is 5.54. The molecule has 0 saturated carbocycles. The van der Waals surface area contributed by atoms with E-state index in [2.05, 4.69) is 21.8 Å². The quantitative estimate of drug-likeness (QED) is 0.512. The van der Waals surface area contributed by atoms with Crippen molar-refractivity contribution in [2.45, 2.75) is 59.9 Å². The first-order chi connectivity index (χ1) is 14.9. The highest BCUT2D eigenvalue weighted by Gasteiger charge is 2.21. The Balaban J connectivity index is 2.06. The minimum absolute atomic E-state index is 0.228. The average molecular weight is 418 g/mol. The molecule has 0 atom stereocenters. The van der Waals surface area contributed by atoms with E-state index in [1.54, 1.807) is 12.3 Å². The Labute approximate surface area is 184 Å². The van der Waals surface area contributed by atoms with Gasteiger partial charge in [-0.05, 0) is 62.4 Å². The highest BCUT2D eigenvalue weighted by atomic mass is 16.2. The minimum atomic E-state index is -0.342. The van der Waals surface area contributed by atoms with Crippen LogP contribution >= 0.6 is 0 Å². The maximum atomic E-state index is 13.3. The molecule has 0 fully saturated rings. The van der Waals surface area contributed by atoms with Gasteiger partial charge in [0.25, 0.3) is 5.91 Å². The summed E-state index contributed by atoms with van der Waals surface area (Å²) in [7, 11) is 0. The summed E-state index contributed by atoms with van der Waals surface area (Å²) in [6.07, 6.45) is 7.29. The van der Waals surface area contributed by atoms with Crippen molar-refractivity contribution in [3.63, 3.8) is 0 Å². The number of carbonyl (C=O) groups excluding carboxylic acids is 1. The monoisotopic (exact) mass is 417 g/mol. The molecule has 3 rings (SSSR count). The van der Waals surface area contributed by atoms with E-state index in [9.17, 15) is 9.59 Å². The fourth-order valence-corrected chi connectivity index (χ4v) is 3.84. The van der Waals surface area contributed by atoms with Gasteiger partial charge in [-0.25, -0.2) is 0 Å². The smallest absolute Gasteiger partial charge is 0.261 e. The van der Waals surface area contributed by atoms with Crippen LogP contribution in [-0.4, -0.2) is 15.5 Å². The Morgan fingerprint density at radius 3 is 2.61 bits per heavy atom. The van der Waals surface area contributed by atoms with Gasteiger partial charge in [-0.3, -0.25) is 14.6 Å². The Morgan fingerprint density at radius 2 is 1.90 bits per heavy atom. The third-order valence-corrected chi connectivity index (χ3v) is 5.79. The highest BCUT2D eigenvalue weighted by molar-refractivity contribution is 6.05. The molecule has 0 aliphatic rings. The van der Waals surface area contributed by atoms with Gasteiger partial charge in [-0.1, -0.05) is 38.0 Å². The first kappa shape index (κ1) is 22.5. The number of nitrogens with zero attached hydrogens (tertiary/aromatic N) is 2. The van der Waals surface area contributed by atoms with Crippen LogP contribution in [0.5, 0.6) is 0 Å². The van der Waals surface area contributed by atoms with Crippen molar-refractivity contribution in [1.82, 2.24) is 9.55 Å². The average Bonchev–Trinajstić information content (AvgIpc) is 2.74. The Hall–Kier alpha value is -3.21. The summed E-state index contributed by atoms with van der Waals surface area (Å²) in [6.45, 7) is 8.63. The summed E-state index contributed by atoms with van der Waals surface area (Å²) in [5, 5.41) is 2.98. The van der Waals surface area contributed by atoms with E-state index in [1.807, 2.05) is 57.3 Å². The molecule has 5 heteroatoms. The zero-order valence-electron chi connectivity index (χ0n) is 18.9. The van der Waals surface area contributed by atoms with Gasteiger partial charge in [0.05, 0.1) is 0 Å². The number of hydrogen-bond acceptors (Lipinski definition) is 3. The van der Waals surface area contributed by atoms with Crippen LogP contribution in [0.15, 0.2) is 53.6 Å². The maximum Gasteiger partial charge on any atom is 0.261 e. The summed E-state index contributed by atoms with van der Waals surface area (Å²) in [6, 6.07) is 11.3. The number of anilines is 1. The summed E-state index contributed by atoms with van der Waals surface area (Å²) >= 11 is 0. The Bertz CT molecular complexity index is 1120. The predicted molar refractivity (Wildman–Crippen MR) is 126 cm³/mol. The van der Waals surface area contributed by atoms with Crippen LogP contribution in [-0.2, 0) is 13.0 Å². The van der Waals surface area contributed by atoms with Crippen LogP contribution in [0.25, 0.3) is 0 Å². The van der Waals surface area contributed by atoms with Crippen molar-refractivity contribution in [2.24, 2.45) is 0 Å². The number of aryl methyl sites for hydroxylation is 2. The molecule has 2 heterocycles. The van der Waals surface area contributed by atoms with Gasteiger partial charge in [0.2, 0.25) is 0 Å². The minimum Gasteiger partial charge on any atom is -0.343 e. The number of unbranched alkanes of at least 4 members (excludes halogenated alkanes) is 2. The van der Waals surface area contributed by atoms with Crippen LogP contribution in [0.2, 0.25) is 0 Å². The fourth-order valence-electron chi connectivity index (χ4n) is 3.84. The van der Waals surface area contributed by atoms with E-state index in [-0.39, 0.29) is 16.9 Å². The topological polar surface area (TPSA) is 64.0 Å². The number of carbonyl (C=O) groups is 1. The highest BCUT2D eigenvalue weighted by Crippen LogP contribution is 2.21. The van der Waals surface area contributed by atoms with E-state index in [0.29, 0.717) is 13.0 Å². The molecule has 0 unspecified atom stereocenters. The molecule has 1 amide bonds. The fraction of sp³-hybridized carbons (Fsp3) is 0.346. The van der Waals surface area contributed by atoms with E-state index < -0.39 is 0 Å². The van der Waals surface area contributed by atoms with Gasteiger partial charge in [0.1, 0.15) is 5.56 Å². The molecular weight excluding hydrogens is 386 g/mol. The van der Waals surface area contributed by atoms with Crippen molar-refractivity contribution >= 4 is 11.6 Å². The van der Waals surface area contributed by atoms with Crippen LogP contribution in [0.4, 0.5) is 5.69 Å². The van der Waals surface area contributed by atoms with Gasteiger partial charge in [-0.2, -0.15) is 0 Å². The molecule has 0 aliphatic carbocycles. The lowest BCUT2D eigenvalue weighted by Gasteiger charge is -2.20. The lowest BCUT2D eigenvalue weighted by atomic mass is 10.0. The molecule has 0 radical (unpaired) electrons. The number of pyridine rings is 2. The molecular formula is C26H31N3O2. The van der Waals surface area contributed by atoms with E-state index in [0.717, 1.165) is 53.0 Å². The summed E-state index contributed by atoms with van der Waals surface area (Å²) in [4.78, 5) is 30.5. The number of hydrogen-bond donors (Lipinski definition) is 1. The zero-order valence-corrected chi connectivity index (χ0v) is 18.9. The summed E-state index contributed by atoms with van der Waals surface area (Å²) < 4.78 is 2.09. The number of benzene rings is 1. The van der Waals surface area contributed by atoms with Crippen LogP contribution in [0.1, 0.15) is 64.6 Å². The van der Waals surface area contributed by atoms with Crippen molar-refractivity contribution in [2.75, 3.05) is 5.32 Å².